The second kappa shape index (κ2) is 8.74. The summed E-state index contributed by atoms with van der Waals surface area (Å²) in [7, 11) is 0. The number of fused-ring (bicyclic) bond motifs is 1. The first kappa shape index (κ1) is 18.9. The third-order valence-corrected chi connectivity index (χ3v) is 5.24. The Hall–Kier alpha value is -3.40. The van der Waals surface area contributed by atoms with Gasteiger partial charge in [-0.15, -0.1) is 0 Å². The van der Waals surface area contributed by atoms with Crippen LogP contribution in [-0.4, -0.2) is 17.9 Å². The Morgan fingerprint density at radius 1 is 0.828 bits per heavy atom. The second-order valence-electron chi connectivity index (χ2n) is 7.22. The molecule has 3 aromatic carbocycles. The molecule has 1 heterocycles. The molecule has 1 amide bonds. The van der Waals surface area contributed by atoms with E-state index in [0.717, 1.165) is 28.8 Å². The normalized spacial score (nSPS) is 15.4. The first-order valence-corrected chi connectivity index (χ1v) is 9.87. The van der Waals surface area contributed by atoms with Gasteiger partial charge >= 0.3 is 6.09 Å². The number of rotatable bonds is 5. The highest BCUT2D eigenvalue weighted by atomic mass is 16.6. The van der Waals surface area contributed by atoms with Crippen LogP contribution in [0.3, 0.4) is 0 Å². The predicted molar refractivity (Wildman–Crippen MR) is 113 cm³/mol. The van der Waals surface area contributed by atoms with Crippen LogP contribution in [0.25, 0.3) is 0 Å². The molecular formula is C25H23NO3. The van der Waals surface area contributed by atoms with Gasteiger partial charge < -0.3 is 4.74 Å². The molecule has 0 aliphatic carbocycles. The van der Waals surface area contributed by atoms with Gasteiger partial charge in [-0.05, 0) is 35.6 Å². The maximum atomic E-state index is 13.1. The van der Waals surface area contributed by atoms with Crippen molar-refractivity contribution in [1.82, 2.24) is 0 Å². The van der Waals surface area contributed by atoms with E-state index in [1.807, 2.05) is 84.9 Å². The monoisotopic (exact) mass is 385 g/mol. The molecule has 0 N–H and O–H groups in total. The summed E-state index contributed by atoms with van der Waals surface area (Å²) in [5.41, 5.74) is 3.70. The molecule has 1 aliphatic heterocycles. The number of Topliss-reactive ketones (excluding diaryl/α,β-unsaturated/α-hetero) is 1. The fourth-order valence-electron chi connectivity index (χ4n) is 3.78. The lowest BCUT2D eigenvalue weighted by Gasteiger charge is -2.35. The van der Waals surface area contributed by atoms with E-state index in [9.17, 15) is 9.59 Å². The zero-order chi connectivity index (χ0) is 20.1. The van der Waals surface area contributed by atoms with Crippen molar-refractivity contribution in [3.05, 3.63) is 102 Å². The molecule has 0 spiro atoms. The minimum absolute atomic E-state index is 0.0300. The van der Waals surface area contributed by atoms with Crippen LogP contribution in [0.15, 0.2) is 84.9 Å². The van der Waals surface area contributed by atoms with Crippen LogP contribution in [-0.2, 0) is 29.0 Å². The van der Waals surface area contributed by atoms with E-state index >= 15 is 0 Å². The van der Waals surface area contributed by atoms with Gasteiger partial charge in [0.25, 0.3) is 0 Å². The quantitative estimate of drug-likeness (QED) is 0.624. The zero-order valence-corrected chi connectivity index (χ0v) is 16.2. The molecule has 0 bridgehead atoms. The number of amides is 1. The van der Waals surface area contributed by atoms with E-state index < -0.39 is 12.1 Å². The SMILES string of the molecule is O=C(Cc1ccccc1)C1CCc2ccccc2N1C(=O)OCc1ccccc1. The van der Waals surface area contributed by atoms with Gasteiger partial charge in [0.2, 0.25) is 0 Å². The molecule has 0 saturated heterocycles. The molecular weight excluding hydrogens is 362 g/mol. The zero-order valence-electron chi connectivity index (χ0n) is 16.2. The molecule has 29 heavy (non-hydrogen) atoms. The number of hydrogen-bond acceptors (Lipinski definition) is 3. The summed E-state index contributed by atoms with van der Waals surface area (Å²) < 4.78 is 5.59. The van der Waals surface area contributed by atoms with E-state index in [0.29, 0.717) is 12.8 Å². The minimum atomic E-state index is -0.520. The number of carbonyl (C=O) groups excluding carboxylic acids is 2. The van der Waals surface area contributed by atoms with E-state index in [1.165, 1.54) is 0 Å². The number of ketones is 1. The largest absolute Gasteiger partial charge is 0.444 e. The molecule has 4 rings (SSSR count). The molecule has 4 nitrogen and oxygen atoms in total. The highest BCUT2D eigenvalue weighted by molar-refractivity contribution is 6.00. The van der Waals surface area contributed by atoms with Gasteiger partial charge in [-0.1, -0.05) is 78.9 Å². The van der Waals surface area contributed by atoms with Crippen LogP contribution >= 0.6 is 0 Å². The Labute approximate surface area is 170 Å². The van der Waals surface area contributed by atoms with Crippen LogP contribution in [0.1, 0.15) is 23.1 Å². The van der Waals surface area contributed by atoms with E-state index in [2.05, 4.69) is 0 Å². The molecule has 146 valence electrons. The number of ether oxygens (including phenoxy) is 1. The number of anilines is 1. The second-order valence-corrected chi connectivity index (χ2v) is 7.22. The van der Waals surface area contributed by atoms with Gasteiger partial charge in [0.1, 0.15) is 6.61 Å². The number of hydrogen-bond donors (Lipinski definition) is 0. The van der Waals surface area contributed by atoms with Crippen molar-refractivity contribution in [3.63, 3.8) is 0 Å². The fraction of sp³-hybridized carbons (Fsp3) is 0.200. The molecule has 1 aliphatic rings. The maximum Gasteiger partial charge on any atom is 0.415 e. The average Bonchev–Trinajstić information content (AvgIpc) is 2.78. The lowest BCUT2D eigenvalue weighted by Crippen LogP contribution is -2.49. The lowest BCUT2D eigenvalue weighted by atomic mass is 9.91. The van der Waals surface area contributed by atoms with Crippen molar-refractivity contribution in [1.29, 1.82) is 0 Å². The summed E-state index contributed by atoms with van der Waals surface area (Å²) in [5.74, 6) is 0.0300. The third kappa shape index (κ3) is 4.37. The summed E-state index contributed by atoms with van der Waals surface area (Å²) >= 11 is 0. The standard InChI is InChI=1S/C25H23NO3/c27-24(17-19-9-3-1-4-10-19)23-16-15-21-13-7-8-14-22(21)26(23)25(28)29-18-20-11-5-2-6-12-20/h1-14,23H,15-18H2. The van der Waals surface area contributed by atoms with Gasteiger partial charge in [0.05, 0.1) is 11.7 Å². The summed E-state index contributed by atoms with van der Waals surface area (Å²) in [6.07, 6.45) is 1.19. The smallest absolute Gasteiger partial charge is 0.415 e. The van der Waals surface area contributed by atoms with Crippen LogP contribution < -0.4 is 4.90 Å². The van der Waals surface area contributed by atoms with Gasteiger partial charge in [-0.25, -0.2) is 4.79 Å². The Bertz CT molecular complexity index is 985. The fourth-order valence-corrected chi connectivity index (χ4v) is 3.78. The Morgan fingerprint density at radius 3 is 2.17 bits per heavy atom. The Kier molecular flexibility index (Phi) is 5.71. The van der Waals surface area contributed by atoms with Crippen LogP contribution in [0, 0.1) is 0 Å². The van der Waals surface area contributed by atoms with Crippen LogP contribution in [0.5, 0.6) is 0 Å². The molecule has 1 atom stereocenters. The maximum absolute atomic E-state index is 13.1. The molecule has 0 saturated carbocycles. The number of benzene rings is 3. The molecule has 4 heteroatoms. The van der Waals surface area contributed by atoms with Crippen LogP contribution in [0.2, 0.25) is 0 Å². The highest BCUT2D eigenvalue weighted by Crippen LogP contribution is 2.32. The Balaban J connectivity index is 1.56. The molecule has 0 fully saturated rings. The highest BCUT2D eigenvalue weighted by Gasteiger charge is 2.36. The summed E-state index contributed by atoms with van der Waals surface area (Å²) in [6, 6.07) is 26.4. The van der Waals surface area contributed by atoms with Crippen molar-refractivity contribution in [2.45, 2.75) is 31.9 Å². The van der Waals surface area contributed by atoms with E-state index in [4.69, 9.17) is 4.74 Å². The van der Waals surface area contributed by atoms with Crippen molar-refractivity contribution in [2.75, 3.05) is 4.90 Å². The van der Waals surface area contributed by atoms with E-state index in [1.54, 1.807) is 4.90 Å². The van der Waals surface area contributed by atoms with Crippen LogP contribution in [0.4, 0.5) is 10.5 Å². The van der Waals surface area contributed by atoms with Crippen molar-refractivity contribution < 1.29 is 14.3 Å². The average molecular weight is 385 g/mol. The first-order valence-electron chi connectivity index (χ1n) is 9.87. The van der Waals surface area contributed by atoms with Crippen molar-refractivity contribution in [2.24, 2.45) is 0 Å². The number of para-hydroxylation sites is 1. The molecule has 0 radical (unpaired) electrons. The lowest BCUT2D eigenvalue weighted by molar-refractivity contribution is -0.119. The van der Waals surface area contributed by atoms with Gasteiger partial charge in [-0.3, -0.25) is 9.69 Å². The van der Waals surface area contributed by atoms with Crippen molar-refractivity contribution >= 4 is 17.6 Å². The number of carbonyl (C=O) groups is 2. The minimum Gasteiger partial charge on any atom is -0.444 e. The third-order valence-electron chi connectivity index (χ3n) is 5.24. The number of aryl methyl sites for hydroxylation is 1. The molecule has 1 unspecified atom stereocenters. The Morgan fingerprint density at radius 2 is 1.45 bits per heavy atom. The van der Waals surface area contributed by atoms with Crippen molar-refractivity contribution in [3.8, 4) is 0 Å². The summed E-state index contributed by atoms with van der Waals surface area (Å²) in [5, 5.41) is 0. The van der Waals surface area contributed by atoms with E-state index in [-0.39, 0.29) is 12.4 Å². The van der Waals surface area contributed by atoms with Gasteiger partial charge in [-0.2, -0.15) is 0 Å². The number of nitrogens with zero attached hydrogens (tertiary/aromatic N) is 1. The summed E-state index contributed by atoms with van der Waals surface area (Å²) in [6.45, 7) is 0.179. The molecule has 3 aromatic rings. The van der Waals surface area contributed by atoms with Gasteiger partial charge in [0.15, 0.2) is 5.78 Å². The first-order chi connectivity index (χ1) is 14.2. The van der Waals surface area contributed by atoms with Gasteiger partial charge in [0, 0.05) is 6.42 Å². The molecule has 0 aromatic heterocycles. The summed E-state index contributed by atoms with van der Waals surface area (Å²) in [4.78, 5) is 27.7. The predicted octanol–water partition coefficient (Wildman–Crippen LogP) is 4.96. The topological polar surface area (TPSA) is 46.6 Å².